The van der Waals surface area contributed by atoms with Crippen molar-refractivity contribution in [1.29, 1.82) is 0 Å². The van der Waals surface area contributed by atoms with Crippen molar-refractivity contribution in [2.45, 2.75) is 71.5 Å². The number of benzene rings is 3. The van der Waals surface area contributed by atoms with Gasteiger partial charge in [-0.3, -0.25) is 9.59 Å². The highest BCUT2D eigenvalue weighted by Crippen LogP contribution is 2.31. The maximum absolute atomic E-state index is 13.9. The molecule has 208 valence electrons. The molecule has 7 heteroatoms. The van der Waals surface area contributed by atoms with Crippen LogP contribution in [0.25, 0.3) is 0 Å². The van der Waals surface area contributed by atoms with Gasteiger partial charge in [-0.2, -0.15) is 0 Å². The number of ether oxygens (including phenoxy) is 1. The lowest BCUT2D eigenvalue weighted by Crippen LogP contribution is -2.53. The number of carbonyl (C=O) groups is 2. The van der Waals surface area contributed by atoms with Crippen LogP contribution in [0.3, 0.4) is 0 Å². The minimum absolute atomic E-state index is 0.0346. The fraction of sp³-hybridized carbons (Fsp3) is 0.375. The van der Waals surface area contributed by atoms with E-state index in [-0.39, 0.29) is 36.4 Å². The lowest BCUT2D eigenvalue weighted by Gasteiger charge is -2.32. The van der Waals surface area contributed by atoms with Crippen LogP contribution in [0.4, 0.5) is 0 Å². The monoisotopic (exact) mass is 568 g/mol. The van der Waals surface area contributed by atoms with Gasteiger partial charge in [0.05, 0.1) is 10.0 Å². The third-order valence-corrected chi connectivity index (χ3v) is 7.39. The molecule has 3 aromatic rings. The van der Waals surface area contributed by atoms with Crippen LogP contribution in [-0.4, -0.2) is 35.4 Å². The molecule has 39 heavy (non-hydrogen) atoms. The normalized spacial score (nSPS) is 12.9. The van der Waals surface area contributed by atoms with Crippen LogP contribution >= 0.6 is 23.2 Å². The van der Waals surface area contributed by atoms with E-state index in [2.05, 4.69) is 26.1 Å². The number of hydrogen-bond donors (Lipinski definition) is 1. The van der Waals surface area contributed by atoms with Gasteiger partial charge >= 0.3 is 0 Å². The molecule has 1 N–H and O–H groups in total. The van der Waals surface area contributed by atoms with Crippen LogP contribution in [-0.2, 0) is 28.0 Å². The van der Waals surface area contributed by atoms with Gasteiger partial charge in [0.2, 0.25) is 5.91 Å². The summed E-state index contributed by atoms with van der Waals surface area (Å²) in [5, 5.41) is 3.89. The van der Waals surface area contributed by atoms with Gasteiger partial charge in [0.1, 0.15) is 11.8 Å². The van der Waals surface area contributed by atoms with Crippen molar-refractivity contribution in [3.63, 3.8) is 0 Å². The molecule has 0 saturated heterocycles. The van der Waals surface area contributed by atoms with E-state index in [0.717, 1.165) is 23.1 Å². The number of nitrogens with one attached hydrogen (secondary N) is 1. The van der Waals surface area contributed by atoms with E-state index in [4.69, 9.17) is 27.9 Å². The van der Waals surface area contributed by atoms with Crippen LogP contribution in [0.1, 0.15) is 57.7 Å². The number of para-hydroxylation sites is 1. The molecule has 0 heterocycles. The van der Waals surface area contributed by atoms with Crippen molar-refractivity contribution in [3.05, 3.63) is 99.5 Å². The average molecular weight is 570 g/mol. The maximum atomic E-state index is 13.9. The second-order valence-electron chi connectivity index (χ2n) is 10.8. The van der Waals surface area contributed by atoms with Crippen molar-refractivity contribution in [3.8, 4) is 5.75 Å². The molecule has 0 saturated carbocycles. The van der Waals surface area contributed by atoms with E-state index in [0.29, 0.717) is 22.2 Å². The van der Waals surface area contributed by atoms with Crippen LogP contribution in [0.2, 0.25) is 10.0 Å². The first-order valence-corrected chi connectivity index (χ1v) is 14.0. The summed E-state index contributed by atoms with van der Waals surface area (Å²) in [5.74, 6) is 0.137. The summed E-state index contributed by atoms with van der Waals surface area (Å²) in [6.07, 6.45) is 1.13. The fourth-order valence-electron chi connectivity index (χ4n) is 4.26. The molecule has 0 spiro atoms. The van der Waals surface area contributed by atoms with E-state index < -0.39 is 6.04 Å². The molecular formula is C32H38Cl2N2O3. The highest BCUT2D eigenvalue weighted by molar-refractivity contribution is 6.42. The number of carbonyl (C=O) groups excluding carboxylic acids is 2. The predicted molar refractivity (Wildman–Crippen MR) is 159 cm³/mol. The van der Waals surface area contributed by atoms with Gasteiger partial charge in [-0.1, -0.05) is 105 Å². The second kappa shape index (κ2) is 13.9. The molecule has 0 fully saturated rings. The molecule has 0 unspecified atom stereocenters. The average Bonchev–Trinajstić information content (AvgIpc) is 2.91. The minimum atomic E-state index is -0.759. The summed E-state index contributed by atoms with van der Waals surface area (Å²) in [6, 6.07) is 21.9. The standard InChI is InChI=1S/C32H38Cl2N2O3/c1-6-22(2)35-31(38)28(19-23-12-8-7-9-13-23)36(20-24-16-17-26(33)27(34)18-24)30(37)21-39-29-15-11-10-14-25(29)32(3,4)5/h7-18,22,28H,6,19-21H2,1-5H3,(H,35,38)/t22-,28+/m0/s1. The Balaban J connectivity index is 1.97. The second-order valence-corrected chi connectivity index (χ2v) is 11.6. The first-order chi connectivity index (χ1) is 18.5. The Morgan fingerprint density at radius 1 is 0.923 bits per heavy atom. The van der Waals surface area contributed by atoms with Crippen molar-refractivity contribution in [1.82, 2.24) is 10.2 Å². The summed E-state index contributed by atoms with van der Waals surface area (Å²) in [4.78, 5) is 29.1. The SMILES string of the molecule is CC[C@H](C)NC(=O)[C@@H](Cc1ccccc1)N(Cc1ccc(Cl)c(Cl)c1)C(=O)COc1ccccc1C(C)(C)C. The molecular weight excluding hydrogens is 531 g/mol. The number of halogens is 2. The molecule has 3 aromatic carbocycles. The molecule has 0 bridgehead atoms. The van der Waals surface area contributed by atoms with Crippen molar-refractivity contribution >= 4 is 35.0 Å². The zero-order valence-electron chi connectivity index (χ0n) is 23.3. The lowest BCUT2D eigenvalue weighted by molar-refractivity contribution is -0.143. The Morgan fingerprint density at radius 2 is 1.59 bits per heavy atom. The molecule has 2 amide bonds. The summed E-state index contributed by atoms with van der Waals surface area (Å²) in [7, 11) is 0. The molecule has 0 aliphatic rings. The fourth-order valence-corrected chi connectivity index (χ4v) is 4.58. The number of nitrogens with zero attached hydrogens (tertiary/aromatic N) is 1. The Labute approximate surface area is 242 Å². The number of amides is 2. The lowest BCUT2D eigenvalue weighted by atomic mass is 9.86. The summed E-state index contributed by atoms with van der Waals surface area (Å²) in [6.45, 7) is 10.2. The van der Waals surface area contributed by atoms with Crippen LogP contribution < -0.4 is 10.1 Å². The van der Waals surface area contributed by atoms with Gasteiger partial charge in [-0.25, -0.2) is 0 Å². The van der Waals surface area contributed by atoms with Gasteiger partial charge in [0, 0.05) is 19.0 Å². The number of rotatable bonds is 11. The van der Waals surface area contributed by atoms with Crippen LogP contribution in [0.15, 0.2) is 72.8 Å². The Hall–Kier alpha value is -3.02. The van der Waals surface area contributed by atoms with Gasteiger partial charge in [0.15, 0.2) is 6.61 Å². The smallest absolute Gasteiger partial charge is 0.261 e. The molecule has 0 aliphatic heterocycles. The van der Waals surface area contributed by atoms with Crippen LogP contribution in [0.5, 0.6) is 5.75 Å². The Bertz CT molecular complexity index is 1260. The summed E-state index contributed by atoms with van der Waals surface area (Å²) < 4.78 is 6.10. The molecule has 0 aliphatic carbocycles. The topological polar surface area (TPSA) is 58.6 Å². The van der Waals surface area contributed by atoms with Gasteiger partial charge < -0.3 is 15.0 Å². The molecule has 5 nitrogen and oxygen atoms in total. The first kappa shape index (κ1) is 30.5. The molecule has 3 rings (SSSR count). The van der Waals surface area contributed by atoms with E-state index in [1.807, 2.05) is 74.5 Å². The zero-order valence-corrected chi connectivity index (χ0v) is 24.9. The van der Waals surface area contributed by atoms with E-state index in [1.54, 1.807) is 17.0 Å². The van der Waals surface area contributed by atoms with E-state index in [9.17, 15) is 9.59 Å². The quantitative estimate of drug-likeness (QED) is 0.265. The third kappa shape index (κ3) is 8.74. The third-order valence-electron chi connectivity index (χ3n) is 6.66. The molecule has 2 atom stereocenters. The summed E-state index contributed by atoms with van der Waals surface area (Å²) in [5.41, 5.74) is 2.56. The van der Waals surface area contributed by atoms with Gasteiger partial charge in [0.25, 0.3) is 5.91 Å². The van der Waals surface area contributed by atoms with Crippen molar-refractivity contribution < 1.29 is 14.3 Å². The first-order valence-electron chi connectivity index (χ1n) is 13.3. The van der Waals surface area contributed by atoms with E-state index in [1.165, 1.54) is 0 Å². The maximum Gasteiger partial charge on any atom is 0.261 e. The molecule has 0 radical (unpaired) electrons. The van der Waals surface area contributed by atoms with Crippen LogP contribution in [0, 0.1) is 0 Å². The molecule has 0 aromatic heterocycles. The van der Waals surface area contributed by atoms with Crippen molar-refractivity contribution in [2.75, 3.05) is 6.61 Å². The summed E-state index contributed by atoms with van der Waals surface area (Å²) >= 11 is 12.4. The Morgan fingerprint density at radius 3 is 2.23 bits per heavy atom. The van der Waals surface area contributed by atoms with Gasteiger partial charge in [-0.05, 0) is 53.6 Å². The highest BCUT2D eigenvalue weighted by Gasteiger charge is 2.31. The highest BCUT2D eigenvalue weighted by atomic mass is 35.5. The van der Waals surface area contributed by atoms with Crippen molar-refractivity contribution in [2.24, 2.45) is 0 Å². The zero-order chi connectivity index (χ0) is 28.6. The predicted octanol–water partition coefficient (Wildman–Crippen LogP) is 7.22. The Kier molecular flexibility index (Phi) is 10.8. The van der Waals surface area contributed by atoms with Gasteiger partial charge in [-0.15, -0.1) is 0 Å². The number of hydrogen-bond acceptors (Lipinski definition) is 3. The van der Waals surface area contributed by atoms with E-state index >= 15 is 0 Å². The largest absolute Gasteiger partial charge is 0.483 e. The minimum Gasteiger partial charge on any atom is -0.483 e.